The van der Waals surface area contributed by atoms with Gasteiger partial charge in [0.15, 0.2) is 0 Å². The van der Waals surface area contributed by atoms with Crippen molar-refractivity contribution in [1.29, 1.82) is 0 Å². The summed E-state index contributed by atoms with van der Waals surface area (Å²) in [4.78, 5) is 15.0. The molecule has 0 aliphatic carbocycles. The lowest BCUT2D eigenvalue weighted by atomic mass is 9.92. The standard InChI is InChI=1S/C20H23N3O2.C8H15N3/c1-2-3-4-5-12-25-18-10-11-20-19(13-18)21-14-23(20)17-8-6-16(7-9-17)22-15-24;1-8(2,3)6-5-7(9-4)11-10-6/h6-11,13-15H,2-5,12H2,1H3,(H,22,24);5H,1-4H3,(H2,9,10,11). The fourth-order valence-corrected chi connectivity index (χ4v) is 3.63. The minimum absolute atomic E-state index is 0.155. The molecular formula is C28H38N6O2. The van der Waals surface area contributed by atoms with Crippen LogP contribution in [-0.4, -0.2) is 39.8 Å². The highest BCUT2D eigenvalue weighted by atomic mass is 16.5. The van der Waals surface area contributed by atoms with E-state index in [0.29, 0.717) is 6.41 Å². The molecule has 36 heavy (non-hydrogen) atoms. The molecule has 1 amide bonds. The number of benzene rings is 2. The van der Waals surface area contributed by atoms with Crippen LogP contribution in [0.3, 0.4) is 0 Å². The third-order valence-corrected chi connectivity index (χ3v) is 5.80. The summed E-state index contributed by atoms with van der Waals surface area (Å²) in [5.74, 6) is 1.76. The summed E-state index contributed by atoms with van der Waals surface area (Å²) < 4.78 is 7.85. The van der Waals surface area contributed by atoms with Crippen molar-refractivity contribution in [3.8, 4) is 11.4 Å². The van der Waals surface area contributed by atoms with E-state index in [9.17, 15) is 4.79 Å². The number of aromatic nitrogens is 4. The average Bonchev–Trinajstić information content (AvgIpc) is 3.52. The van der Waals surface area contributed by atoms with Gasteiger partial charge in [-0.2, -0.15) is 5.10 Å². The summed E-state index contributed by atoms with van der Waals surface area (Å²) in [5.41, 5.74) is 4.99. The number of nitrogens with one attached hydrogen (secondary N) is 3. The van der Waals surface area contributed by atoms with E-state index in [-0.39, 0.29) is 5.41 Å². The van der Waals surface area contributed by atoms with Crippen LogP contribution in [0.4, 0.5) is 11.5 Å². The quantitative estimate of drug-likeness (QED) is 0.179. The first-order valence-electron chi connectivity index (χ1n) is 12.5. The van der Waals surface area contributed by atoms with Gasteiger partial charge in [0, 0.05) is 41.7 Å². The Morgan fingerprint density at radius 2 is 1.83 bits per heavy atom. The maximum absolute atomic E-state index is 10.5. The molecule has 0 aliphatic rings. The average molecular weight is 491 g/mol. The number of carbonyl (C=O) groups is 1. The summed E-state index contributed by atoms with van der Waals surface area (Å²) in [7, 11) is 1.86. The van der Waals surface area contributed by atoms with Crippen molar-refractivity contribution in [2.24, 2.45) is 0 Å². The van der Waals surface area contributed by atoms with Gasteiger partial charge in [0.05, 0.1) is 17.6 Å². The molecule has 0 saturated carbocycles. The van der Waals surface area contributed by atoms with Crippen molar-refractivity contribution in [2.75, 3.05) is 24.3 Å². The topological polar surface area (TPSA) is 96.9 Å². The van der Waals surface area contributed by atoms with E-state index in [0.717, 1.165) is 52.7 Å². The molecule has 8 nitrogen and oxygen atoms in total. The zero-order valence-electron chi connectivity index (χ0n) is 22.0. The number of aromatic amines is 1. The van der Waals surface area contributed by atoms with Gasteiger partial charge >= 0.3 is 0 Å². The highest BCUT2D eigenvalue weighted by molar-refractivity contribution is 5.79. The molecule has 4 rings (SSSR count). The molecule has 0 saturated heterocycles. The number of amides is 1. The van der Waals surface area contributed by atoms with Gasteiger partial charge in [-0.25, -0.2) is 4.98 Å². The molecule has 2 aromatic carbocycles. The Hall–Kier alpha value is -3.81. The number of anilines is 2. The van der Waals surface area contributed by atoms with Gasteiger partial charge < -0.3 is 15.4 Å². The van der Waals surface area contributed by atoms with Crippen molar-refractivity contribution in [1.82, 2.24) is 19.7 Å². The largest absolute Gasteiger partial charge is 0.494 e. The maximum Gasteiger partial charge on any atom is 0.211 e. The Balaban J connectivity index is 0.000000275. The minimum Gasteiger partial charge on any atom is -0.494 e. The van der Waals surface area contributed by atoms with Crippen LogP contribution >= 0.6 is 0 Å². The monoisotopic (exact) mass is 490 g/mol. The van der Waals surface area contributed by atoms with Crippen LogP contribution < -0.4 is 15.4 Å². The van der Waals surface area contributed by atoms with Crippen LogP contribution in [0.5, 0.6) is 5.75 Å². The van der Waals surface area contributed by atoms with E-state index in [1.807, 2.05) is 60.1 Å². The first-order chi connectivity index (χ1) is 17.4. The predicted molar refractivity (Wildman–Crippen MR) is 147 cm³/mol. The molecule has 0 spiro atoms. The number of fused-ring (bicyclic) bond motifs is 1. The lowest BCUT2D eigenvalue weighted by molar-refractivity contribution is -0.105. The van der Waals surface area contributed by atoms with Crippen LogP contribution in [-0.2, 0) is 10.2 Å². The molecular weight excluding hydrogens is 452 g/mol. The third-order valence-electron chi connectivity index (χ3n) is 5.80. The van der Waals surface area contributed by atoms with E-state index in [1.165, 1.54) is 19.3 Å². The molecule has 0 fully saturated rings. The summed E-state index contributed by atoms with van der Waals surface area (Å²) in [6, 6.07) is 15.7. The van der Waals surface area contributed by atoms with Crippen LogP contribution in [0.15, 0.2) is 54.9 Å². The number of hydrogen-bond acceptors (Lipinski definition) is 5. The van der Waals surface area contributed by atoms with E-state index in [2.05, 4.69) is 53.5 Å². The van der Waals surface area contributed by atoms with Crippen LogP contribution in [0.1, 0.15) is 59.1 Å². The van der Waals surface area contributed by atoms with Crippen LogP contribution in [0.2, 0.25) is 0 Å². The number of ether oxygens (including phenoxy) is 1. The summed E-state index contributed by atoms with van der Waals surface area (Å²) in [5, 5.41) is 12.7. The second kappa shape index (κ2) is 12.8. The number of carbonyl (C=O) groups excluding carboxylic acids is 1. The van der Waals surface area contributed by atoms with Crippen molar-refractivity contribution in [3.05, 3.63) is 60.6 Å². The molecule has 3 N–H and O–H groups in total. The Morgan fingerprint density at radius 3 is 2.44 bits per heavy atom. The fourth-order valence-electron chi connectivity index (χ4n) is 3.63. The minimum atomic E-state index is 0.155. The predicted octanol–water partition coefficient (Wildman–Crippen LogP) is 6.30. The van der Waals surface area contributed by atoms with Gasteiger partial charge in [0.1, 0.15) is 17.9 Å². The van der Waals surface area contributed by atoms with Crippen LogP contribution in [0, 0.1) is 0 Å². The fraction of sp³-hybridized carbons (Fsp3) is 0.393. The van der Waals surface area contributed by atoms with Gasteiger partial charge in [-0.15, -0.1) is 0 Å². The van der Waals surface area contributed by atoms with Gasteiger partial charge in [0.2, 0.25) is 6.41 Å². The van der Waals surface area contributed by atoms with E-state index >= 15 is 0 Å². The highest BCUT2D eigenvalue weighted by Crippen LogP contribution is 2.24. The number of rotatable bonds is 10. The van der Waals surface area contributed by atoms with Crippen molar-refractivity contribution >= 4 is 28.9 Å². The zero-order chi connectivity index (χ0) is 26.0. The van der Waals surface area contributed by atoms with Crippen molar-refractivity contribution in [2.45, 2.75) is 58.8 Å². The number of unbranched alkanes of at least 4 members (excludes halogenated alkanes) is 3. The molecule has 0 radical (unpaired) electrons. The van der Waals surface area contributed by atoms with Crippen molar-refractivity contribution < 1.29 is 9.53 Å². The third kappa shape index (κ3) is 7.34. The summed E-state index contributed by atoms with van der Waals surface area (Å²) in [6.07, 6.45) is 7.26. The molecule has 192 valence electrons. The smallest absolute Gasteiger partial charge is 0.211 e. The molecule has 2 heterocycles. The number of hydrogen-bond donors (Lipinski definition) is 3. The zero-order valence-corrected chi connectivity index (χ0v) is 22.0. The van der Waals surface area contributed by atoms with E-state index in [1.54, 1.807) is 6.33 Å². The Kier molecular flexibility index (Phi) is 9.50. The lowest BCUT2D eigenvalue weighted by Crippen LogP contribution is -2.11. The Morgan fingerprint density at radius 1 is 1.06 bits per heavy atom. The van der Waals surface area contributed by atoms with Gasteiger partial charge in [-0.1, -0.05) is 47.0 Å². The molecule has 0 aliphatic heterocycles. The molecule has 8 heteroatoms. The number of nitrogens with zero attached hydrogens (tertiary/aromatic N) is 3. The van der Waals surface area contributed by atoms with Crippen molar-refractivity contribution in [3.63, 3.8) is 0 Å². The normalized spacial score (nSPS) is 11.0. The van der Waals surface area contributed by atoms with E-state index < -0.39 is 0 Å². The molecule has 0 bridgehead atoms. The number of imidazole rings is 1. The van der Waals surface area contributed by atoms with Gasteiger partial charge in [-0.05, 0) is 42.8 Å². The number of H-pyrrole nitrogens is 1. The summed E-state index contributed by atoms with van der Waals surface area (Å²) >= 11 is 0. The lowest BCUT2D eigenvalue weighted by Gasteiger charge is -2.14. The SMILES string of the molecule is CCCCCCOc1ccc2c(c1)ncn2-c1ccc(NC=O)cc1.CNc1cc(C(C)(C)C)[nH]n1. The molecule has 2 aromatic heterocycles. The summed E-state index contributed by atoms with van der Waals surface area (Å²) in [6.45, 7) is 9.41. The van der Waals surface area contributed by atoms with Gasteiger partial charge in [0.25, 0.3) is 0 Å². The highest BCUT2D eigenvalue weighted by Gasteiger charge is 2.15. The molecule has 4 aromatic rings. The van der Waals surface area contributed by atoms with E-state index in [4.69, 9.17) is 4.74 Å². The van der Waals surface area contributed by atoms with Crippen LogP contribution in [0.25, 0.3) is 16.7 Å². The first-order valence-corrected chi connectivity index (χ1v) is 12.5. The molecule has 0 unspecified atom stereocenters. The Bertz CT molecular complexity index is 1220. The Labute approximate surface area is 213 Å². The molecule has 0 atom stereocenters. The van der Waals surface area contributed by atoms with Gasteiger partial charge in [-0.3, -0.25) is 14.5 Å². The second-order valence-corrected chi connectivity index (χ2v) is 9.65. The maximum atomic E-state index is 10.5. The first kappa shape index (κ1) is 26.8. The second-order valence-electron chi connectivity index (χ2n) is 9.65.